The van der Waals surface area contributed by atoms with Crippen LogP contribution < -0.4 is 11.1 Å². The van der Waals surface area contributed by atoms with Gasteiger partial charge in [0, 0.05) is 37.9 Å². The van der Waals surface area contributed by atoms with E-state index in [2.05, 4.69) is 5.32 Å². The molecule has 4 N–H and O–H groups in total. The van der Waals surface area contributed by atoms with Crippen molar-refractivity contribution in [2.24, 2.45) is 5.92 Å². The molecule has 3 rings (SSSR count). The van der Waals surface area contributed by atoms with Crippen LogP contribution >= 0.6 is 0 Å². The predicted molar refractivity (Wildman–Crippen MR) is 165 cm³/mol. The van der Waals surface area contributed by atoms with Crippen molar-refractivity contribution < 1.29 is 18.3 Å². The van der Waals surface area contributed by atoms with Gasteiger partial charge in [0.15, 0.2) is 0 Å². The van der Waals surface area contributed by atoms with Gasteiger partial charge in [0.05, 0.1) is 11.5 Å². The maximum absolute atomic E-state index is 13.5. The number of urea groups is 1. The average molecular weight is 581 g/mol. The van der Waals surface area contributed by atoms with Crippen molar-refractivity contribution in [1.29, 1.82) is 0 Å². The Hall–Kier alpha value is -3.40. The lowest BCUT2D eigenvalue weighted by molar-refractivity contribution is 0.167. The summed E-state index contributed by atoms with van der Waals surface area (Å²) in [7, 11) is -3.76. The number of carbonyl (C=O) groups is 1. The van der Waals surface area contributed by atoms with Crippen LogP contribution in [0.4, 0.5) is 10.5 Å². The molecule has 0 radical (unpaired) electrons. The number of hydrogen-bond acceptors (Lipinski definition) is 5. The second-order valence-electron chi connectivity index (χ2n) is 10.9. The number of amides is 2. The summed E-state index contributed by atoms with van der Waals surface area (Å²) in [6, 6.07) is 23.4. The second kappa shape index (κ2) is 15.6. The Labute approximate surface area is 245 Å². The molecule has 0 saturated carbocycles. The lowest BCUT2D eigenvalue weighted by Gasteiger charge is -2.31. The zero-order valence-corrected chi connectivity index (χ0v) is 25.2. The van der Waals surface area contributed by atoms with Crippen molar-refractivity contribution in [3.05, 3.63) is 95.6 Å². The van der Waals surface area contributed by atoms with Crippen LogP contribution in [-0.4, -0.2) is 54.5 Å². The number of anilines is 1. The van der Waals surface area contributed by atoms with Gasteiger partial charge < -0.3 is 21.1 Å². The van der Waals surface area contributed by atoms with E-state index in [4.69, 9.17) is 5.73 Å². The predicted octanol–water partition coefficient (Wildman–Crippen LogP) is 5.17. The standard InChI is InChI=1S/C32H44N4O4S/c1-25(2)21-36(41(39,40)31-18-12-26(3)13-19-31)30(24-37)11-7-8-20-34-32(38)35(22-27-9-5-4-6-10-27)23-28-14-16-29(33)17-15-28/h4-6,9-10,12-19,25,30,37H,7-8,11,20-24,33H2,1-3H3,(H,34,38)/t30-/m0/s1. The lowest BCUT2D eigenvalue weighted by Crippen LogP contribution is -2.44. The van der Waals surface area contributed by atoms with Crippen molar-refractivity contribution in [2.45, 2.75) is 64.1 Å². The van der Waals surface area contributed by atoms with E-state index in [1.165, 1.54) is 4.31 Å². The molecule has 3 aromatic rings. The second-order valence-corrected chi connectivity index (χ2v) is 12.8. The topological polar surface area (TPSA) is 116 Å². The monoisotopic (exact) mass is 580 g/mol. The molecular formula is C32H44N4O4S. The number of benzene rings is 3. The number of unbranched alkanes of at least 4 members (excludes halogenated alkanes) is 1. The minimum atomic E-state index is -3.76. The van der Waals surface area contributed by atoms with Gasteiger partial charge >= 0.3 is 6.03 Å². The number of aliphatic hydroxyl groups excluding tert-OH is 1. The molecule has 2 amide bonds. The van der Waals surface area contributed by atoms with Gasteiger partial charge in [-0.3, -0.25) is 0 Å². The van der Waals surface area contributed by atoms with Gasteiger partial charge in [-0.2, -0.15) is 4.31 Å². The first-order valence-electron chi connectivity index (χ1n) is 14.2. The molecule has 0 spiro atoms. The quantitative estimate of drug-likeness (QED) is 0.170. The number of nitrogens with two attached hydrogens (primary N) is 1. The van der Waals surface area contributed by atoms with Crippen LogP contribution in [0.15, 0.2) is 83.8 Å². The van der Waals surface area contributed by atoms with Gasteiger partial charge in [-0.25, -0.2) is 13.2 Å². The molecule has 0 aliphatic rings. The molecule has 1 atom stereocenters. The molecule has 222 valence electrons. The highest BCUT2D eigenvalue weighted by Gasteiger charge is 2.31. The highest BCUT2D eigenvalue weighted by Crippen LogP contribution is 2.23. The summed E-state index contributed by atoms with van der Waals surface area (Å²) in [4.78, 5) is 15.2. The van der Waals surface area contributed by atoms with Crippen LogP contribution in [0, 0.1) is 12.8 Å². The number of sulfonamides is 1. The number of hydrogen-bond donors (Lipinski definition) is 3. The fourth-order valence-electron chi connectivity index (χ4n) is 4.63. The molecule has 0 fully saturated rings. The fraction of sp³-hybridized carbons (Fsp3) is 0.406. The van der Waals surface area contributed by atoms with E-state index in [1.807, 2.05) is 75.4 Å². The third-order valence-electron chi connectivity index (χ3n) is 6.89. The van der Waals surface area contributed by atoms with Gasteiger partial charge in [-0.1, -0.05) is 80.4 Å². The lowest BCUT2D eigenvalue weighted by atomic mass is 10.1. The van der Waals surface area contributed by atoms with Crippen LogP contribution in [0.1, 0.15) is 49.8 Å². The summed E-state index contributed by atoms with van der Waals surface area (Å²) in [6.07, 6.45) is 1.80. The average Bonchev–Trinajstić information content (AvgIpc) is 2.95. The van der Waals surface area contributed by atoms with Crippen LogP contribution in [0.5, 0.6) is 0 Å². The highest BCUT2D eigenvalue weighted by atomic mass is 32.2. The van der Waals surface area contributed by atoms with Gasteiger partial charge in [-0.15, -0.1) is 0 Å². The van der Waals surface area contributed by atoms with Crippen molar-refractivity contribution in [2.75, 3.05) is 25.4 Å². The summed E-state index contributed by atoms with van der Waals surface area (Å²) in [5.74, 6) is 0.0974. The number of carbonyl (C=O) groups excluding carboxylic acids is 1. The molecule has 41 heavy (non-hydrogen) atoms. The summed E-state index contributed by atoms with van der Waals surface area (Å²) < 4.78 is 28.4. The minimum Gasteiger partial charge on any atom is -0.399 e. The molecule has 0 unspecified atom stereocenters. The molecule has 0 aliphatic carbocycles. The molecule has 0 saturated heterocycles. The van der Waals surface area contributed by atoms with E-state index in [1.54, 1.807) is 29.2 Å². The Kier molecular flexibility index (Phi) is 12.2. The Morgan fingerprint density at radius 2 is 1.51 bits per heavy atom. The first kappa shape index (κ1) is 32.1. The summed E-state index contributed by atoms with van der Waals surface area (Å²) in [5.41, 5.74) is 9.49. The Morgan fingerprint density at radius 3 is 2.10 bits per heavy atom. The number of nitrogen functional groups attached to an aromatic ring is 1. The SMILES string of the molecule is Cc1ccc(S(=O)(=O)N(CC(C)C)[C@H](CO)CCCCNC(=O)N(Cc2ccccc2)Cc2ccc(N)cc2)cc1. The maximum atomic E-state index is 13.5. The Bertz CT molecular complexity index is 1310. The molecule has 0 bridgehead atoms. The Morgan fingerprint density at radius 1 is 0.902 bits per heavy atom. The van der Waals surface area contributed by atoms with E-state index in [0.717, 1.165) is 16.7 Å². The first-order valence-corrected chi connectivity index (χ1v) is 15.6. The molecule has 3 aromatic carbocycles. The number of nitrogens with one attached hydrogen (secondary N) is 1. The molecule has 0 heterocycles. The van der Waals surface area contributed by atoms with Crippen LogP contribution in [0.25, 0.3) is 0 Å². The zero-order valence-electron chi connectivity index (χ0n) is 24.4. The van der Waals surface area contributed by atoms with Crippen molar-refractivity contribution in [3.63, 3.8) is 0 Å². The third-order valence-corrected chi connectivity index (χ3v) is 8.82. The summed E-state index contributed by atoms with van der Waals surface area (Å²) in [5, 5.41) is 13.2. The van der Waals surface area contributed by atoms with Crippen molar-refractivity contribution >= 4 is 21.7 Å². The number of aliphatic hydroxyl groups is 1. The molecular weight excluding hydrogens is 536 g/mol. The normalized spacial score (nSPS) is 12.4. The van der Waals surface area contributed by atoms with Gasteiger partial charge in [0.1, 0.15) is 0 Å². The molecule has 0 aromatic heterocycles. The minimum absolute atomic E-state index is 0.0974. The van der Waals surface area contributed by atoms with E-state index in [-0.39, 0.29) is 23.5 Å². The molecule has 0 aliphatic heterocycles. The number of rotatable bonds is 15. The van der Waals surface area contributed by atoms with E-state index in [0.29, 0.717) is 51.1 Å². The summed E-state index contributed by atoms with van der Waals surface area (Å²) >= 11 is 0. The van der Waals surface area contributed by atoms with Crippen molar-refractivity contribution in [1.82, 2.24) is 14.5 Å². The van der Waals surface area contributed by atoms with Crippen LogP contribution in [0.2, 0.25) is 0 Å². The van der Waals surface area contributed by atoms with Gasteiger partial charge in [0.2, 0.25) is 10.0 Å². The Balaban J connectivity index is 1.59. The van der Waals surface area contributed by atoms with Crippen LogP contribution in [0.3, 0.4) is 0 Å². The summed E-state index contributed by atoms with van der Waals surface area (Å²) in [6.45, 7) is 7.24. The zero-order chi connectivity index (χ0) is 29.8. The van der Waals surface area contributed by atoms with Crippen molar-refractivity contribution in [3.8, 4) is 0 Å². The number of aryl methyl sites for hydroxylation is 1. The molecule has 9 heteroatoms. The van der Waals surface area contributed by atoms with E-state index >= 15 is 0 Å². The molecule has 8 nitrogen and oxygen atoms in total. The van der Waals surface area contributed by atoms with E-state index < -0.39 is 16.1 Å². The van der Waals surface area contributed by atoms with E-state index in [9.17, 15) is 18.3 Å². The number of nitrogens with zero attached hydrogens (tertiary/aromatic N) is 2. The van der Waals surface area contributed by atoms with Gasteiger partial charge in [-0.05, 0) is 61.1 Å². The smallest absolute Gasteiger partial charge is 0.318 e. The third kappa shape index (κ3) is 9.88. The maximum Gasteiger partial charge on any atom is 0.318 e. The highest BCUT2D eigenvalue weighted by molar-refractivity contribution is 7.89. The van der Waals surface area contributed by atoms with Crippen LogP contribution in [-0.2, 0) is 23.1 Å². The largest absolute Gasteiger partial charge is 0.399 e. The fourth-order valence-corrected chi connectivity index (χ4v) is 6.44. The first-order chi connectivity index (χ1) is 19.6. The van der Waals surface area contributed by atoms with Gasteiger partial charge in [0.25, 0.3) is 0 Å².